The number of carbonyl (C=O) groups is 3. The molecule has 6 heteroatoms. The van der Waals surface area contributed by atoms with Gasteiger partial charge in [-0.05, 0) is 26.5 Å². The Balaban J connectivity index is 3.01. The number of urea groups is 1. The van der Waals surface area contributed by atoms with Crippen LogP contribution in [-0.2, 0) is 9.59 Å². The van der Waals surface area contributed by atoms with Crippen molar-refractivity contribution in [2.24, 2.45) is 5.41 Å². The highest BCUT2D eigenvalue weighted by Gasteiger charge is 2.48. The molecule has 1 saturated heterocycles. The Kier molecular flexibility index (Phi) is 4.19. The number of barbiturate groups is 1. The van der Waals surface area contributed by atoms with Crippen molar-refractivity contribution < 1.29 is 14.4 Å². The molecule has 0 radical (unpaired) electrons. The van der Waals surface area contributed by atoms with Crippen LogP contribution in [0.25, 0.3) is 0 Å². The molecule has 0 aromatic heterocycles. The first-order chi connectivity index (χ1) is 7.86. The summed E-state index contributed by atoms with van der Waals surface area (Å²) in [5.74, 6) is -0.255. The summed E-state index contributed by atoms with van der Waals surface area (Å²) in [6.07, 6.45) is 2.61. The van der Waals surface area contributed by atoms with Crippen LogP contribution < -0.4 is 5.32 Å². The molecule has 1 rings (SSSR count). The van der Waals surface area contributed by atoms with Crippen molar-refractivity contribution in [1.29, 1.82) is 0 Å². The standard InChI is InChI=1S/C11H18N2O3S/c1-5-7(6-17-4)13-9(15)11(2,3)8(14)12-10(13)16/h7H,5-6H2,1-4H3,(H,12,14,16). The van der Waals surface area contributed by atoms with Gasteiger partial charge in [0.15, 0.2) is 0 Å². The minimum absolute atomic E-state index is 0.162. The van der Waals surface area contributed by atoms with E-state index in [1.807, 2.05) is 13.2 Å². The Labute approximate surface area is 105 Å². The molecule has 17 heavy (non-hydrogen) atoms. The average molecular weight is 258 g/mol. The van der Waals surface area contributed by atoms with Crippen molar-refractivity contribution in [3.05, 3.63) is 0 Å². The topological polar surface area (TPSA) is 66.5 Å². The van der Waals surface area contributed by atoms with E-state index in [0.717, 1.165) is 0 Å². The molecule has 0 saturated carbocycles. The van der Waals surface area contributed by atoms with Crippen LogP contribution in [0.15, 0.2) is 0 Å². The monoisotopic (exact) mass is 258 g/mol. The van der Waals surface area contributed by atoms with Gasteiger partial charge < -0.3 is 0 Å². The molecule has 1 atom stereocenters. The van der Waals surface area contributed by atoms with Crippen molar-refractivity contribution in [3.8, 4) is 0 Å². The van der Waals surface area contributed by atoms with E-state index < -0.39 is 23.3 Å². The molecule has 1 unspecified atom stereocenters. The van der Waals surface area contributed by atoms with Gasteiger partial charge in [0.25, 0.3) is 0 Å². The number of hydrogen-bond acceptors (Lipinski definition) is 4. The van der Waals surface area contributed by atoms with E-state index >= 15 is 0 Å². The van der Waals surface area contributed by atoms with Crippen molar-refractivity contribution in [1.82, 2.24) is 10.2 Å². The maximum absolute atomic E-state index is 12.2. The number of carbonyl (C=O) groups excluding carboxylic acids is 3. The first-order valence-electron chi connectivity index (χ1n) is 5.54. The van der Waals surface area contributed by atoms with Crippen LogP contribution in [0.4, 0.5) is 4.79 Å². The molecule has 96 valence electrons. The van der Waals surface area contributed by atoms with Crippen LogP contribution in [0.1, 0.15) is 27.2 Å². The summed E-state index contributed by atoms with van der Waals surface area (Å²) in [4.78, 5) is 36.7. The predicted molar refractivity (Wildman–Crippen MR) is 66.6 cm³/mol. The molecule has 4 amide bonds. The zero-order valence-electron chi connectivity index (χ0n) is 10.6. The molecule has 1 aliphatic heterocycles. The SMILES string of the molecule is CCC(CSC)N1C(=O)NC(=O)C(C)(C)C1=O. The van der Waals surface area contributed by atoms with Gasteiger partial charge in [0.2, 0.25) is 11.8 Å². The minimum Gasteiger partial charge on any atom is -0.277 e. The quantitative estimate of drug-likeness (QED) is 0.770. The lowest BCUT2D eigenvalue weighted by Crippen LogP contribution is -2.64. The highest BCUT2D eigenvalue weighted by Crippen LogP contribution is 2.26. The lowest BCUT2D eigenvalue weighted by atomic mass is 9.88. The summed E-state index contributed by atoms with van der Waals surface area (Å²) in [6.45, 7) is 5.00. The van der Waals surface area contributed by atoms with E-state index in [1.54, 1.807) is 11.8 Å². The normalized spacial score (nSPS) is 21.4. The van der Waals surface area contributed by atoms with Gasteiger partial charge in [0.1, 0.15) is 5.41 Å². The summed E-state index contributed by atoms with van der Waals surface area (Å²) in [5, 5.41) is 2.24. The number of hydrogen-bond donors (Lipinski definition) is 1. The molecular formula is C11H18N2O3S. The van der Waals surface area contributed by atoms with Crippen LogP contribution >= 0.6 is 11.8 Å². The highest BCUT2D eigenvalue weighted by molar-refractivity contribution is 7.98. The number of thioether (sulfide) groups is 1. The molecule has 5 nitrogen and oxygen atoms in total. The van der Waals surface area contributed by atoms with E-state index in [2.05, 4.69) is 5.32 Å². The van der Waals surface area contributed by atoms with Crippen LogP contribution in [0.3, 0.4) is 0 Å². The van der Waals surface area contributed by atoms with Crippen molar-refractivity contribution >= 4 is 29.6 Å². The van der Waals surface area contributed by atoms with E-state index in [1.165, 1.54) is 18.7 Å². The van der Waals surface area contributed by atoms with Crippen LogP contribution in [0.5, 0.6) is 0 Å². The maximum atomic E-state index is 12.2. The summed E-state index contributed by atoms with van der Waals surface area (Å²) >= 11 is 1.57. The zero-order chi connectivity index (χ0) is 13.2. The fourth-order valence-electron chi connectivity index (χ4n) is 1.70. The predicted octanol–water partition coefficient (Wildman–Crippen LogP) is 1.23. The van der Waals surface area contributed by atoms with Gasteiger partial charge in [-0.25, -0.2) is 4.79 Å². The summed E-state index contributed by atoms with van der Waals surface area (Å²) in [5.41, 5.74) is -1.17. The Bertz CT molecular complexity index is 355. The van der Waals surface area contributed by atoms with Gasteiger partial charge in [-0.2, -0.15) is 11.8 Å². The summed E-state index contributed by atoms with van der Waals surface area (Å²) < 4.78 is 0. The van der Waals surface area contributed by atoms with Gasteiger partial charge in [0, 0.05) is 5.75 Å². The number of nitrogens with one attached hydrogen (secondary N) is 1. The van der Waals surface area contributed by atoms with Gasteiger partial charge in [0.05, 0.1) is 6.04 Å². The third kappa shape index (κ3) is 2.46. The molecular weight excluding hydrogens is 240 g/mol. The smallest absolute Gasteiger partial charge is 0.277 e. The Morgan fingerprint density at radius 2 is 1.94 bits per heavy atom. The second-order valence-electron chi connectivity index (χ2n) is 4.58. The van der Waals surface area contributed by atoms with Gasteiger partial charge >= 0.3 is 6.03 Å². The Morgan fingerprint density at radius 1 is 1.35 bits per heavy atom. The molecule has 1 aliphatic rings. The molecule has 0 aliphatic carbocycles. The lowest BCUT2D eigenvalue weighted by Gasteiger charge is -2.38. The molecule has 0 aromatic rings. The van der Waals surface area contributed by atoms with Crippen molar-refractivity contribution in [2.45, 2.75) is 33.2 Å². The molecule has 1 fully saturated rings. The molecule has 0 aromatic carbocycles. The van der Waals surface area contributed by atoms with Crippen LogP contribution in [-0.4, -0.2) is 40.8 Å². The minimum atomic E-state index is -1.17. The zero-order valence-corrected chi connectivity index (χ0v) is 11.4. The third-order valence-corrected chi connectivity index (χ3v) is 3.67. The van der Waals surface area contributed by atoms with E-state index in [0.29, 0.717) is 12.2 Å². The number of imide groups is 2. The first kappa shape index (κ1) is 14.0. The lowest BCUT2D eigenvalue weighted by molar-refractivity contribution is -0.150. The number of amides is 4. The van der Waals surface area contributed by atoms with Crippen molar-refractivity contribution in [3.63, 3.8) is 0 Å². The van der Waals surface area contributed by atoms with Crippen molar-refractivity contribution in [2.75, 3.05) is 12.0 Å². The average Bonchev–Trinajstić information content (AvgIpc) is 2.26. The van der Waals surface area contributed by atoms with Crippen LogP contribution in [0.2, 0.25) is 0 Å². The van der Waals surface area contributed by atoms with E-state index in [-0.39, 0.29) is 6.04 Å². The third-order valence-electron chi connectivity index (χ3n) is 2.96. The number of rotatable bonds is 4. The molecule has 0 bridgehead atoms. The van der Waals surface area contributed by atoms with Gasteiger partial charge in [-0.3, -0.25) is 19.8 Å². The van der Waals surface area contributed by atoms with Gasteiger partial charge in [-0.1, -0.05) is 6.92 Å². The fraction of sp³-hybridized carbons (Fsp3) is 0.727. The fourth-order valence-corrected chi connectivity index (χ4v) is 2.47. The summed E-state index contributed by atoms with van der Waals surface area (Å²) in [7, 11) is 0. The first-order valence-corrected chi connectivity index (χ1v) is 6.93. The second-order valence-corrected chi connectivity index (χ2v) is 5.49. The molecule has 1 N–H and O–H groups in total. The van der Waals surface area contributed by atoms with E-state index in [9.17, 15) is 14.4 Å². The maximum Gasteiger partial charge on any atom is 0.331 e. The molecule has 1 heterocycles. The van der Waals surface area contributed by atoms with E-state index in [4.69, 9.17) is 0 Å². The van der Waals surface area contributed by atoms with Crippen LogP contribution in [0, 0.1) is 5.41 Å². The second kappa shape index (κ2) is 5.08. The Morgan fingerprint density at radius 3 is 2.41 bits per heavy atom. The number of nitrogens with zero attached hydrogens (tertiary/aromatic N) is 1. The summed E-state index contributed by atoms with van der Waals surface area (Å²) in [6, 6.07) is -0.759. The Hall–Kier alpha value is -1.04. The van der Waals surface area contributed by atoms with Gasteiger partial charge in [-0.15, -0.1) is 0 Å². The highest BCUT2D eigenvalue weighted by atomic mass is 32.2. The largest absolute Gasteiger partial charge is 0.331 e. The molecule has 0 spiro atoms.